The maximum absolute atomic E-state index is 12.0. The molecule has 0 aromatic rings. The summed E-state index contributed by atoms with van der Waals surface area (Å²) in [6, 6.07) is 0. The van der Waals surface area contributed by atoms with Gasteiger partial charge in [0.05, 0.1) is 12.2 Å². The highest BCUT2D eigenvalue weighted by molar-refractivity contribution is 5.81. The molecule has 32 heavy (non-hydrogen) atoms. The lowest BCUT2D eigenvalue weighted by atomic mass is 9.43. The highest BCUT2D eigenvalue weighted by Gasteiger charge is 2.62. The Bertz CT molecular complexity index is 727. The number of aliphatic hydroxyl groups excluding tert-OH is 2. The van der Waals surface area contributed by atoms with E-state index >= 15 is 0 Å². The molecule has 10 atom stereocenters. The van der Waals surface area contributed by atoms with Crippen molar-refractivity contribution in [3.63, 3.8) is 0 Å². The number of hydrogen-bond donors (Lipinski definition) is 4. The van der Waals surface area contributed by atoms with Gasteiger partial charge in [-0.2, -0.15) is 0 Å². The van der Waals surface area contributed by atoms with Gasteiger partial charge in [0.2, 0.25) is 5.91 Å². The quantitative estimate of drug-likeness (QED) is 0.496. The fraction of sp³-hybridized carbons (Fsp3) is 0.923. The highest BCUT2D eigenvalue weighted by Crippen LogP contribution is 2.68. The van der Waals surface area contributed by atoms with Crippen molar-refractivity contribution >= 4 is 11.9 Å². The molecule has 0 radical (unpaired) electrons. The normalized spacial score (nSPS) is 46.5. The minimum Gasteiger partial charge on any atom is -0.480 e. The van der Waals surface area contributed by atoms with Crippen LogP contribution in [0.15, 0.2) is 0 Å². The van der Waals surface area contributed by atoms with Gasteiger partial charge in [-0.15, -0.1) is 0 Å². The Balaban J connectivity index is 1.44. The van der Waals surface area contributed by atoms with Gasteiger partial charge in [-0.3, -0.25) is 9.59 Å². The van der Waals surface area contributed by atoms with Gasteiger partial charge in [-0.1, -0.05) is 20.8 Å². The summed E-state index contributed by atoms with van der Waals surface area (Å²) >= 11 is 0. The number of hydrogen-bond acceptors (Lipinski definition) is 4. The topological polar surface area (TPSA) is 107 Å². The predicted molar refractivity (Wildman–Crippen MR) is 122 cm³/mol. The number of carbonyl (C=O) groups is 2. The summed E-state index contributed by atoms with van der Waals surface area (Å²) in [5, 5.41) is 32.8. The largest absolute Gasteiger partial charge is 0.480 e. The van der Waals surface area contributed by atoms with Crippen LogP contribution < -0.4 is 5.32 Å². The SMILES string of the molecule is C[C@@H](CCC(=O)NCC(=O)O)[C@H]1CC[C@H]2[C@@H]3[C@@H](O)C[C@H]4C[C@@H](O)CC[C@]4(C)[C@H]3CC[C@]12C. The molecule has 6 heteroatoms. The van der Waals surface area contributed by atoms with Crippen LogP contribution in [0.3, 0.4) is 0 Å². The van der Waals surface area contributed by atoms with E-state index in [0.29, 0.717) is 41.9 Å². The van der Waals surface area contributed by atoms with Crippen LogP contribution >= 0.6 is 0 Å². The Morgan fingerprint density at radius 1 is 1.00 bits per heavy atom. The van der Waals surface area contributed by atoms with E-state index in [-0.39, 0.29) is 35.5 Å². The molecule has 1 amide bonds. The molecule has 0 aromatic heterocycles. The summed E-state index contributed by atoms with van der Waals surface area (Å²) < 4.78 is 0. The van der Waals surface area contributed by atoms with Gasteiger partial charge in [-0.05, 0) is 104 Å². The van der Waals surface area contributed by atoms with E-state index in [1.807, 2.05) is 0 Å². The van der Waals surface area contributed by atoms with Crippen LogP contribution in [0.2, 0.25) is 0 Å². The number of carboxylic acid groups (broad SMARTS) is 1. The monoisotopic (exact) mass is 449 g/mol. The van der Waals surface area contributed by atoms with E-state index < -0.39 is 5.97 Å². The maximum atomic E-state index is 12.0. The van der Waals surface area contributed by atoms with Crippen LogP contribution in [0.5, 0.6) is 0 Å². The van der Waals surface area contributed by atoms with Gasteiger partial charge < -0.3 is 20.6 Å². The summed E-state index contributed by atoms with van der Waals surface area (Å²) in [5.41, 5.74) is 0.451. The molecule has 4 aliphatic carbocycles. The number of aliphatic carboxylic acids is 1. The Morgan fingerprint density at radius 3 is 2.41 bits per heavy atom. The van der Waals surface area contributed by atoms with E-state index in [4.69, 9.17) is 5.11 Å². The van der Waals surface area contributed by atoms with Crippen LogP contribution in [0.1, 0.15) is 85.0 Å². The van der Waals surface area contributed by atoms with E-state index in [1.54, 1.807) is 0 Å². The third-order valence-corrected chi connectivity index (χ3v) is 10.7. The van der Waals surface area contributed by atoms with Crippen molar-refractivity contribution in [3.05, 3.63) is 0 Å². The van der Waals surface area contributed by atoms with Crippen LogP contribution in [0.25, 0.3) is 0 Å². The molecule has 4 rings (SSSR count). The smallest absolute Gasteiger partial charge is 0.322 e. The van der Waals surface area contributed by atoms with Gasteiger partial charge in [0, 0.05) is 6.42 Å². The van der Waals surface area contributed by atoms with Crippen molar-refractivity contribution in [2.24, 2.45) is 46.3 Å². The Hall–Kier alpha value is -1.14. The zero-order valence-corrected chi connectivity index (χ0v) is 20.1. The second-order valence-corrected chi connectivity index (χ2v) is 12.1. The molecule has 0 spiro atoms. The molecular formula is C26H43NO5. The van der Waals surface area contributed by atoms with Gasteiger partial charge in [0.1, 0.15) is 6.54 Å². The molecule has 0 unspecified atom stereocenters. The second kappa shape index (κ2) is 8.90. The molecule has 4 saturated carbocycles. The fourth-order valence-electron chi connectivity index (χ4n) is 9.00. The molecule has 0 heterocycles. The average molecular weight is 450 g/mol. The molecule has 0 aromatic carbocycles. The lowest BCUT2D eigenvalue weighted by Crippen LogP contribution is -2.58. The van der Waals surface area contributed by atoms with E-state index in [2.05, 4.69) is 26.1 Å². The molecular weight excluding hydrogens is 406 g/mol. The molecule has 4 N–H and O–H groups in total. The van der Waals surface area contributed by atoms with Crippen molar-refractivity contribution < 1.29 is 24.9 Å². The van der Waals surface area contributed by atoms with E-state index in [9.17, 15) is 19.8 Å². The average Bonchev–Trinajstić information content (AvgIpc) is 3.09. The number of carbonyl (C=O) groups excluding carboxylic acids is 1. The number of aliphatic hydroxyl groups is 2. The minimum absolute atomic E-state index is 0.177. The number of rotatable bonds is 6. The highest BCUT2D eigenvalue weighted by atomic mass is 16.4. The Kier molecular flexibility index (Phi) is 6.68. The fourth-order valence-corrected chi connectivity index (χ4v) is 9.00. The standard InChI is InChI=1S/C26H43NO5/c1-15(4-7-22(30)27-14-23(31)32)18-5-6-19-24-20(9-11-26(18,19)3)25(2)10-8-17(28)12-16(25)13-21(24)29/h15-21,24,28-29H,4-14H2,1-3H3,(H,27,30)(H,31,32)/t15-,16+,17-,18+,19-,20-,21-,24-,25-,26+/m0/s1. The van der Waals surface area contributed by atoms with E-state index in [0.717, 1.165) is 44.9 Å². The molecule has 0 saturated heterocycles. The van der Waals surface area contributed by atoms with Crippen LogP contribution in [0, 0.1) is 46.3 Å². The van der Waals surface area contributed by atoms with Crippen LogP contribution in [-0.2, 0) is 9.59 Å². The summed E-state index contributed by atoms with van der Waals surface area (Å²) in [7, 11) is 0. The van der Waals surface area contributed by atoms with Crippen molar-refractivity contribution in [2.75, 3.05) is 6.54 Å². The van der Waals surface area contributed by atoms with Crippen LogP contribution in [0.4, 0.5) is 0 Å². The first kappa shape index (κ1) is 24.0. The van der Waals surface area contributed by atoms with Gasteiger partial charge in [-0.25, -0.2) is 0 Å². The van der Waals surface area contributed by atoms with Gasteiger partial charge in [0.25, 0.3) is 0 Å². The van der Waals surface area contributed by atoms with Crippen molar-refractivity contribution in [1.29, 1.82) is 0 Å². The zero-order chi connectivity index (χ0) is 23.3. The number of nitrogens with one attached hydrogen (secondary N) is 1. The minimum atomic E-state index is -1.01. The first-order chi connectivity index (χ1) is 15.1. The second-order valence-electron chi connectivity index (χ2n) is 12.1. The lowest BCUT2D eigenvalue weighted by molar-refractivity contribution is -0.174. The zero-order valence-electron chi connectivity index (χ0n) is 20.1. The Labute approximate surface area is 192 Å². The van der Waals surface area contributed by atoms with Crippen molar-refractivity contribution in [3.8, 4) is 0 Å². The molecule has 182 valence electrons. The predicted octanol–water partition coefficient (Wildman–Crippen LogP) is 3.59. The number of amides is 1. The molecule has 0 aliphatic heterocycles. The van der Waals surface area contributed by atoms with Crippen molar-refractivity contribution in [2.45, 2.75) is 97.2 Å². The van der Waals surface area contributed by atoms with Gasteiger partial charge >= 0.3 is 5.97 Å². The first-order valence-electron chi connectivity index (χ1n) is 12.9. The first-order valence-corrected chi connectivity index (χ1v) is 12.9. The molecule has 4 fully saturated rings. The number of fused-ring (bicyclic) bond motifs is 5. The molecule has 4 aliphatic rings. The van der Waals surface area contributed by atoms with Crippen molar-refractivity contribution in [1.82, 2.24) is 5.32 Å². The summed E-state index contributed by atoms with van der Waals surface area (Å²) in [4.78, 5) is 22.7. The third kappa shape index (κ3) is 4.11. The third-order valence-electron chi connectivity index (χ3n) is 10.7. The molecule has 6 nitrogen and oxygen atoms in total. The summed E-state index contributed by atoms with van der Waals surface area (Å²) in [6.45, 7) is 6.83. The maximum Gasteiger partial charge on any atom is 0.322 e. The van der Waals surface area contributed by atoms with E-state index in [1.165, 1.54) is 12.8 Å². The summed E-state index contributed by atoms with van der Waals surface area (Å²) in [5.74, 6) is 1.66. The number of carboxylic acids is 1. The lowest BCUT2D eigenvalue weighted by Gasteiger charge is -2.62. The van der Waals surface area contributed by atoms with Gasteiger partial charge in [0.15, 0.2) is 0 Å². The molecule has 0 bridgehead atoms. The summed E-state index contributed by atoms with van der Waals surface area (Å²) in [6.07, 6.45) is 9.06. The Morgan fingerprint density at radius 2 is 1.69 bits per heavy atom. The van der Waals surface area contributed by atoms with Crippen LogP contribution in [-0.4, -0.2) is 45.9 Å².